The Morgan fingerprint density at radius 2 is 2.22 bits per heavy atom. The van der Waals surface area contributed by atoms with Gasteiger partial charge < -0.3 is 10.6 Å². The number of nitro benzene ring substituents is 1. The van der Waals surface area contributed by atoms with Gasteiger partial charge in [-0.2, -0.15) is 5.10 Å². The lowest BCUT2D eigenvalue weighted by Crippen LogP contribution is -2.32. The van der Waals surface area contributed by atoms with E-state index >= 15 is 0 Å². The molecule has 0 fully saturated rings. The molecule has 2 heterocycles. The number of hydrogen-bond acceptors (Lipinski definition) is 6. The average Bonchev–Trinajstić information content (AvgIpc) is 3.03. The molecule has 3 rings (SSSR count). The molecule has 0 spiro atoms. The molecular formula is C18H24N6O3. The first-order valence-electron chi connectivity index (χ1n) is 9.15. The van der Waals surface area contributed by atoms with Crippen molar-refractivity contribution in [2.75, 3.05) is 5.32 Å². The van der Waals surface area contributed by atoms with E-state index in [1.165, 1.54) is 6.07 Å². The first-order chi connectivity index (χ1) is 12.9. The largest absolute Gasteiger partial charge is 0.375 e. The number of rotatable bonds is 6. The number of amides is 1. The van der Waals surface area contributed by atoms with E-state index in [0.717, 1.165) is 30.9 Å². The molecule has 27 heavy (non-hydrogen) atoms. The molecule has 1 unspecified atom stereocenters. The number of aryl methyl sites for hydroxylation is 2. The number of anilines is 1. The van der Waals surface area contributed by atoms with Crippen LogP contribution >= 0.6 is 0 Å². The molecular weight excluding hydrogens is 348 g/mol. The average molecular weight is 372 g/mol. The molecule has 1 aliphatic heterocycles. The molecule has 0 radical (unpaired) electrons. The van der Waals surface area contributed by atoms with Crippen molar-refractivity contribution in [1.29, 1.82) is 0 Å². The molecule has 1 aliphatic rings. The van der Waals surface area contributed by atoms with E-state index in [1.807, 2.05) is 25.5 Å². The molecule has 9 nitrogen and oxygen atoms in total. The predicted molar refractivity (Wildman–Crippen MR) is 101 cm³/mol. The maximum atomic E-state index is 12.1. The van der Waals surface area contributed by atoms with Crippen LogP contribution in [0.1, 0.15) is 49.2 Å². The Kier molecular flexibility index (Phi) is 5.38. The predicted octanol–water partition coefficient (Wildman–Crippen LogP) is 2.31. The first kappa shape index (κ1) is 18.8. The number of aromatic nitrogens is 3. The maximum Gasteiger partial charge on any atom is 0.293 e. The van der Waals surface area contributed by atoms with Crippen LogP contribution in [-0.4, -0.2) is 37.7 Å². The van der Waals surface area contributed by atoms with Crippen molar-refractivity contribution < 1.29 is 9.72 Å². The summed E-state index contributed by atoms with van der Waals surface area (Å²) in [6.07, 6.45) is 2.37. The van der Waals surface area contributed by atoms with Crippen molar-refractivity contribution in [3.63, 3.8) is 0 Å². The summed E-state index contributed by atoms with van der Waals surface area (Å²) in [5.74, 6) is 1.45. The third kappa shape index (κ3) is 4.24. The van der Waals surface area contributed by atoms with Gasteiger partial charge in [-0.1, -0.05) is 6.92 Å². The van der Waals surface area contributed by atoms with Crippen molar-refractivity contribution in [3.8, 4) is 0 Å². The number of fused-ring (bicyclic) bond motifs is 1. The van der Waals surface area contributed by atoms with Gasteiger partial charge in [-0.3, -0.25) is 14.9 Å². The minimum absolute atomic E-state index is 0.0120. The number of benzene rings is 1. The van der Waals surface area contributed by atoms with E-state index in [0.29, 0.717) is 12.2 Å². The second-order valence-corrected chi connectivity index (χ2v) is 6.98. The summed E-state index contributed by atoms with van der Waals surface area (Å²) in [4.78, 5) is 27.7. The number of hydrogen-bond donors (Lipinski definition) is 2. The van der Waals surface area contributed by atoms with E-state index in [-0.39, 0.29) is 29.2 Å². The number of nitro groups is 1. The summed E-state index contributed by atoms with van der Waals surface area (Å²) >= 11 is 0. The van der Waals surface area contributed by atoms with Crippen LogP contribution in [0.4, 0.5) is 11.4 Å². The number of carbonyl (C=O) groups is 1. The molecule has 0 bridgehead atoms. The van der Waals surface area contributed by atoms with Crippen molar-refractivity contribution in [2.45, 2.75) is 58.7 Å². The van der Waals surface area contributed by atoms with Crippen molar-refractivity contribution in [2.24, 2.45) is 0 Å². The van der Waals surface area contributed by atoms with Crippen LogP contribution in [0.2, 0.25) is 0 Å². The Labute approximate surface area is 157 Å². The zero-order chi connectivity index (χ0) is 19.6. The minimum atomic E-state index is -0.465. The Morgan fingerprint density at radius 1 is 1.44 bits per heavy atom. The lowest BCUT2D eigenvalue weighted by Gasteiger charge is -2.24. The Balaban J connectivity index is 1.78. The van der Waals surface area contributed by atoms with E-state index in [1.54, 1.807) is 12.1 Å². The van der Waals surface area contributed by atoms with Crippen LogP contribution in [-0.2, 0) is 19.4 Å². The summed E-state index contributed by atoms with van der Waals surface area (Å²) in [7, 11) is 0. The highest BCUT2D eigenvalue weighted by atomic mass is 16.6. The fourth-order valence-electron chi connectivity index (χ4n) is 3.14. The fourth-order valence-corrected chi connectivity index (χ4v) is 3.14. The SMILES string of the molecule is CCc1nc2n(n1)CC(Nc1ccc(C(=O)NC(C)C)cc1[N+](=O)[O-])CC2. The normalized spacial score (nSPS) is 16.1. The molecule has 0 aliphatic carbocycles. The summed E-state index contributed by atoms with van der Waals surface area (Å²) in [5, 5.41) is 22.0. The van der Waals surface area contributed by atoms with Gasteiger partial charge in [0, 0.05) is 36.6 Å². The molecule has 0 saturated heterocycles. The summed E-state index contributed by atoms with van der Waals surface area (Å²) in [5.41, 5.74) is 0.575. The lowest BCUT2D eigenvalue weighted by atomic mass is 10.1. The van der Waals surface area contributed by atoms with Crippen LogP contribution in [0.5, 0.6) is 0 Å². The van der Waals surface area contributed by atoms with Crippen LogP contribution in [0.15, 0.2) is 18.2 Å². The van der Waals surface area contributed by atoms with Crippen LogP contribution < -0.4 is 10.6 Å². The minimum Gasteiger partial charge on any atom is -0.375 e. The van der Waals surface area contributed by atoms with Gasteiger partial charge in [-0.05, 0) is 32.4 Å². The number of carbonyl (C=O) groups excluding carboxylic acids is 1. The summed E-state index contributed by atoms with van der Waals surface area (Å²) < 4.78 is 1.87. The molecule has 2 aromatic rings. The van der Waals surface area contributed by atoms with Gasteiger partial charge in [0.25, 0.3) is 11.6 Å². The van der Waals surface area contributed by atoms with Gasteiger partial charge >= 0.3 is 0 Å². The highest BCUT2D eigenvalue weighted by molar-refractivity contribution is 5.95. The second-order valence-electron chi connectivity index (χ2n) is 6.98. The molecule has 1 aromatic heterocycles. The first-order valence-corrected chi connectivity index (χ1v) is 9.15. The van der Waals surface area contributed by atoms with E-state index in [2.05, 4.69) is 20.7 Å². The molecule has 0 saturated carbocycles. The van der Waals surface area contributed by atoms with Crippen LogP contribution in [0.25, 0.3) is 0 Å². The van der Waals surface area contributed by atoms with E-state index in [9.17, 15) is 14.9 Å². The fraction of sp³-hybridized carbons (Fsp3) is 0.500. The zero-order valence-corrected chi connectivity index (χ0v) is 15.7. The van der Waals surface area contributed by atoms with Gasteiger partial charge in [-0.25, -0.2) is 9.67 Å². The topological polar surface area (TPSA) is 115 Å². The van der Waals surface area contributed by atoms with Crippen LogP contribution in [0, 0.1) is 10.1 Å². The standard InChI is InChI=1S/C18H24N6O3/c1-4-16-21-17-8-6-13(10-23(17)22-16)20-14-7-5-12(9-15(14)24(26)27)18(25)19-11(2)3/h5,7,9,11,13,20H,4,6,8,10H2,1-3H3,(H,19,25). The Hall–Kier alpha value is -2.97. The number of nitrogens with zero attached hydrogens (tertiary/aromatic N) is 4. The van der Waals surface area contributed by atoms with Gasteiger partial charge in [-0.15, -0.1) is 0 Å². The van der Waals surface area contributed by atoms with E-state index in [4.69, 9.17) is 0 Å². The van der Waals surface area contributed by atoms with Crippen molar-refractivity contribution >= 4 is 17.3 Å². The molecule has 1 atom stereocenters. The summed E-state index contributed by atoms with van der Waals surface area (Å²) in [6, 6.07) is 4.49. The Morgan fingerprint density at radius 3 is 2.89 bits per heavy atom. The third-order valence-corrected chi connectivity index (χ3v) is 4.45. The smallest absolute Gasteiger partial charge is 0.293 e. The monoisotopic (exact) mass is 372 g/mol. The van der Waals surface area contributed by atoms with Gasteiger partial charge in [0.15, 0.2) is 5.82 Å². The highest BCUT2D eigenvalue weighted by Gasteiger charge is 2.24. The molecule has 9 heteroatoms. The van der Waals surface area contributed by atoms with Crippen molar-refractivity contribution in [3.05, 3.63) is 45.5 Å². The summed E-state index contributed by atoms with van der Waals surface area (Å²) in [6.45, 7) is 6.30. The van der Waals surface area contributed by atoms with Gasteiger partial charge in [0.1, 0.15) is 11.5 Å². The molecule has 144 valence electrons. The molecule has 1 aromatic carbocycles. The van der Waals surface area contributed by atoms with Gasteiger partial charge in [0.2, 0.25) is 0 Å². The lowest BCUT2D eigenvalue weighted by molar-refractivity contribution is -0.384. The second kappa shape index (κ2) is 7.73. The third-order valence-electron chi connectivity index (χ3n) is 4.45. The maximum absolute atomic E-state index is 12.1. The molecule has 2 N–H and O–H groups in total. The highest BCUT2D eigenvalue weighted by Crippen LogP contribution is 2.28. The van der Waals surface area contributed by atoms with Crippen molar-refractivity contribution in [1.82, 2.24) is 20.1 Å². The quantitative estimate of drug-likeness (QED) is 0.594. The van der Waals surface area contributed by atoms with E-state index < -0.39 is 4.92 Å². The molecule has 1 amide bonds. The zero-order valence-electron chi connectivity index (χ0n) is 15.7. The van der Waals surface area contributed by atoms with Crippen LogP contribution in [0.3, 0.4) is 0 Å². The number of nitrogens with one attached hydrogen (secondary N) is 2. The Bertz CT molecular complexity index is 861. The van der Waals surface area contributed by atoms with Gasteiger partial charge in [0.05, 0.1) is 11.5 Å².